The summed E-state index contributed by atoms with van der Waals surface area (Å²) in [6.45, 7) is -2.34. The molecule has 22 heteroatoms. The van der Waals surface area contributed by atoms with Crippen molar-refractivity contribution in [1.29, 1.82) is 0 Å². The molecule has 3 atom stereocenters. The fourth-order valence-corrected chi connectivity index (χ4v) is 7.38. The number of carboxylic acids is 2. The molecule has 10 N–H and O–H groups in total. The number of aromatic hydroxyl groups is 1. The minimum Gasteiger partial charge on any atom is -0.508 e. The van der Waals surface area contributed by atoms with Crippen LogP contribution in [0.15, 0.2) is 88.1 Å². The number of carboxylic acid groups (broad SMARTS) is 2. The van der Waals surface area contributed by atoms with Gasteiger partial charge in [0.05, 0.1) is 12.1 Å². The molecule has 1 heterocycles. The zero-order chi connectivity index (χ0) is 45.5. The van der Waals surface area contributed by atoms with Crippen LogP contribution in [0.4, 0.5) is 0 Å². The van der Waals surface area contributed by atoms with Crippen molar-refractivity contribution in [3.63, 3.8) is 0 Å². The quantitative estimate of drug-likeness (QED) is 0.0376. The number of nitrogens with two attached hydrogens (primary N) is 1. The molecule has 0 fully saturated rings. The van der Waals surface area contributed by atoms with Gasteiger partial charge in [0.1, 0.15) is 17.1 Å². The number of carbonyl (C=O) groups excluding carboxylic acids is 3. The van der Waals surface area contributed by atoms with Crippen molar-refractivity contribution < 1.29 is 69.7 Å². The number of rotatable bonds is 16. The van der Waals surface area contributed by atoms with E-state index in [9.17, 15) is 60.4 Å². The number of phenols is 1. The Bertz CT molecular complexity index is 2900. The van der Waals surface area contributed by atoms with Crippen molar-refractivity contribution in [2.45, 2.75) is 29.4 Å². The van der Waals surface area contributed by atoms with E-state index < -0.39 is 79.5 Å². The molecule has 3 aromatic rings. The summed E-state index contributed by atoms with van der Waals surface area (Å²) >= 11 is 0. The van der Waals surface area contributed by atoms with Gasteiger partial charge < -0.3 is 41.4 Å². The van der Waals surface area contributed by atoms with Gasteiger partial charge in [-0.1, -0.05) is 30.0 Å². The van der Waals surface area contributed by atoms with Gasteiger partial charge in [-0.05, 0) is 66.1 Å². The third-order valence-corrected chi connectivity index (χ3v) is 11.3. The molecule has 3 unspecified atom stereocenters. The summed E-state index contributed by atoms with van der Waals surface area (Å²) < 4.78 is 70.2. The first-order valence-corrected chi connectivity index (χ1v) is 21.0. The Hall–Kier alpha value is -7.16. The zero-order valence-electron chi connectivity index (χ0n) is 31.9. The number of fused-ring (bicyclic) bond motifs is 2. The lowest BCUT2D eigenvalue weighted by molar-refractivity contribution is -0.136. The normalized spacial score (nSPS) is 13.0. The van der Waals surface area contributed by atoms with Crippen LogP contribution in [0.25, 0.3) is 33.4 Å². The molecule has 3 aromatic carbocycles. The summed E-state index contributed by atoms with van der Waals surface area (Å²) in [7, 11) is -10.4. The van der Waals surface area contributed by atoms with E-state index in [1.807, 2.05) is 0 Å². The van der Waals surface area contributed by atoms with Crippen molar-refractivity contribution in [1.82, 2.24) is 16.0 Å². The smallest absolute Gasteiger partial charge is 0.336 e. The molecular weight excluding hydrogens is 857 g/mol. The molecule has 0 saturated heterocycles. The number of hydrogen-bond acceptors (Lipinski definition) is 13. The number of nitrogens with one attached hydrogen (secondary N) is 3. The molecule has 1 aliphatic carbocycles. The number of phenolic OH excluding ortho intramolecular Hbond substituents is 1. The van der Waals surface area contributed by atoms with Gasteiger partial charge in [-0.2, -0.15) is 16.8 Å². The highest BCUT2D eigenvalue weighted by molar-refractivity contribution is 7.87. The Morgan fingerprint density at radius 3 is 2.08 bits per heavy atom. The van der Waals surface area contributed by atoms with Gasteiger partial charge in [-0.3, -0.25) is 33.1 Å². The van der Waals surface area contributed by atoms with Gasteiger partial charge in [0.25, 0.3) is 26.1 Å². The third-order valence-electron chi connectivity index (χ3n) is 9.16. The standard InChI is InChI=1S/C40H36N4O16S2/c41-24(16-35(47)43-19-33(61(54,55)56)38(49)44-20-34(40(52)53)62(57,58)59)14-22-5-3-21(4-6-22)2-1-13-42-37(48)23-7-10-27(30(15-23)39(50)51)36-28-11-8-25(45)17-31(28)60-32-18-26(46)9-12-29(32)36/h3-12,15,17-18,24,33-34,45H,13-14,16,19-20,41H2,(H,42,48)(H,43,47)(H,44,49)(H,50,51)(H,52,53)(H,54,55,56)(H,57,58,59). The molecule has 2 aliphatic rings. The monoisotopic (exact) mass is 892 g/mol. The Labute approximate surface area is 351 Å². The number of carbonyl (C=O) groups is 5. The maximum Gasteiger partial charge on any atom is 0.336 e. The summed E-state index contributed by atoms with van der Waals surface area (Å²) in [6.07, 6.45) is -0.216. The van der Waals surface area contributed by atoms with Gasteiger partial charge in [-0.25, -0.2) is 4.79 Å². The minimum absolute atomic E-state index is 0.0317. The Morgan fingerprint density at radius 2 is 1.44 bits per heavy atom. The first-order chi connectivity index (χ1) is 29.1. The van der Waals surface area contributed by atoms with Crippen LogP contribution in [-0.2, 0) is 41.0 Å². The van der Waals surface area contributed by atoms with Crippen molar-refractivity contribution in [2.75, 3.05) is 19.6 Å². The average molecular weight is 893 g/mol. The van der Waals surface area contributed by atoms with Gasteiger partial charge in [-0.15, -0.1) is 0 Å². The van der Waals surface area contributed by atoms with Crippen LogP contribution >= 0.6 is 0 Å². The lowest BCUT2D eigenvalue weighted by Gasteiger charge is -2.17. The van der Waals surface area contributed by atoms with Crippen LogP contribution in [0.2, 0.25) is 0 Å². The summed E-state index contributed by atoms with van der Waals surface area (Å²) in [5, 5.41) is 31.2. The second-order valence-corrected chi connectivity index (χ2v) is 16.8. The molecule has 0 radical (unpaired) electrons. The lowest BCUT2D eigenvalue weighted by Crippen LogP contribution is -2.50. The highest BCUT2D eigenvalue weighted by Gasteiger charge is 2.36. The van der Waals surface area contributed by atoms with Gasteiger partial charge in [0.2, 0.25) is 17.1 Å². The van der Waals surface area contributed by atoms with E-state index in [0.29, 0.717) is 27.6 Å². The van der Waals surface area contributed by atoms with Crippen LogP contribution in [0.3, 0.4) is 0 Å². The van der Waals surface area contributed by atoms with E-state index >= 15 is 0 Å². The molecule has 3 amide bonds. The molecule has 1 aliphatic heterocycles. The number of aliphatic carboxylic acids is 1. The SMILES string of the molecule is NC(CC(=O)NCC(C(=O)NCC(C(=O)O)S(=O)(=O)O)S(=O)(=O)O)Cc1ccc(C#CCNC(=O)c2ccc(-c3c4ccc(=O)cc-4oc4cc(O)ccc34)c(C(=O)O)c2)cc1. The highest BCUT2D eigenvalue weighted by atomic mass is 32.2. The van der Waals surface area contributed by atoms with E-state index in [2.05, 4.69) is 22.5 Å². The van der Waals surface area contributed by atoms with Gasteiger partial charge >= 0.3 is 11.9 Å². The van der Waals surface area contributed by atoms with E-state index in [1.165, 1.54) is 48.5 Å². The summed E-state index contributed by atoms with van der Waals surface area (Å²) in [6, 6.07) is 18.3. The molecular formula is C40H36N4O16S2. The van der Waals surface area contributed by atoms with E-state index in [1.54, 1.807) is 35.6 Å². The van der Waals surface area contributed by atoms with Crippen molar-refractivity contribution >= 4 is 60.9 Å². The Balaban J connectivity index is 1.16. The minimum atomic E-state index is -5.18. The number of benzene rings is 4. The van der Waals surface area contributed by atoms with Crippen molar-refractivity contribution in [3.05, 3.63) is 111 Å². The molecule has 0 aromatic heterocycles. The first-order valence-electron chi connectivity index (χ1n) is 18.0. The zero-order valence-corrected chi connectivity index (χ0v) is 33.5. The van der Waals surface area contributed by atoms with E-state index in [4.69, 9.17) is 19.8 Å². The summed E-state index contributed by atoms with van der Waals surface area (Å²) in [5.74, 6) is -0.624. The van der Waals surface area contributed by atoms with Crippen molar-refractivity contribution in [2.24, 2.45) is 5.73 Å². The third kappa shape index (κ3) is 11.6. The molecule has 5 rings (SSSR count). The van der Waals surface area contributed by atoms with Crippen LogP contribution in [0.5, 0.6) is 5.75 Å². The highest BCUT2D eigenvalue weighted by Crippen LogP contribution is 2.42. The Morgan fingerprint density at radius 1 is 0.774 bits per heavy atom. The maximum atomic E-state index is 13.1. The van der Waals surface area contributed by atoms with Gasteiger partial charge in [0.15, 0.2) is 10.7 Å². The fraction of sp³-hybridized carbons (Fsp3) is 0.200. The topological polar surface area (TPSA) is 347 Å². The number of hydrogen-bond donors (Lipinski definition) is 9. The predicted octanol–water partition coefficient (Wildman–Crippen LogP) is 0.840. The molecule has 324 valence electrons. The van der Waals surface area contributed by atoms with Gasteiger partial charge in [0, 0.05) is 65.3 Å². The van der Waals surface area contributed by atoms with Crippen molar-refractivity contribution in [3.8, 4) is 40.0 Å². The van der Waals surface area contributed by atoms with Crippen LogP contribution in [0.1, 0.15) is 38.3 Å². The summed E-state index contributed by atoms with van der Waals surface area (Å²) in [4.78, 5) is 73.5. The van der Waals surface area contributed by atoms with Crippen LogP contribution in [-0.4, -0.2) is 107 Å². The molecule has 0 bridgehead atoms. The largest absolute Gasteiger partial charge is 0.508 e. The van der Waals surface area contributed by atoms with Crippen LogP contribution < -0.4 is 27.1 Å². The Kier molecular flexibility index (Phi) is 14.1. The number of aromatic carboxylic acids is 1. The molecule has 0 spiro atoms. The van der Waals surface area contributed by atoms with E-state index in [-0.39, 0.29) is 58.6 Å². The second-order valence-electron chi connectivity index (χ2n) is 13.6. The molecule has 20 nitrogen and oxygen atoms in total. The second kappa shape index (κ2) is 19.0. The number of amides is 3. The van der Waals surface area contributed by atoms with Crippen LogP contribution in [0, 0.1) is 11.8 Å². The summed E-state index contributed by atoms with van der Waals surface area (Å²) in [5.41, 5.74) is 8.06. The lowest BCUT2D eigenvalue weighted by atomic mass is 9.90. The average Bonchev–Trinajstić information content (AvgIpc) is 3.17. The molecule has 62 heavy (non-hydrogen) atoms. The fourth-order valence-electron chi connectivity index (χ4n) is 6.18. The molecule has 0 saturated carbocycles. The predicted molar refractivity (Wildman–Crippen MR) is 219 cm³/mol. The van der Waals surface area contributed by atoms with E-state index in [0.717, 1.165) is 0 Å². The first kappa shape index (κ1) is 45.9. The maximum absolute atomic E-state index is 13.1.